The highest BCUT2D eigenvalue weighted by Crippen LogP contribution is 2.39. The van der Waals surface area contributed by atoms with Crippen molar-refractivity contribution in [3.63, 3.8) is 0 Å². The molecule has 0 heterocycles. The molecule has 0 radical (unpaired) electrons. The smallest absolute Gasteiger partial charge is 0.0687 e. The maximum absolute atomic E-state index is 3.56. The Hall–Kier alpha value is 1.17. The van der Waals surface area contributed by atoms with E-state index in [0.717, 1.165) is 6.42 Å². The van der Waals surface area contributed by atoms with E-state index in [-0.39, 0.29) is 2.33 Å². The minimum absolute atomic E-state index is 0.137. The van der Waals surface area contributed by atoms with E-state index in [0.29, 0.717) is 0 Å². The molecule has 0 aromatic rings. The first-order chi connectivity index (χ1) is 4.10. The van der Waals surface area contributed by atoms with Gasteiger partial charge in [-0.3, -0.25) is 0 Å². The minimum Gasteiger partial charge on any atom is -0.0687 e. The largest absolute Gasteiger partial charge is 0.0997 e. The van der Waals surface area contributed by atoms with Crippen LogP contribution in [-0.4, -0.2) is 2.33 Å². The van der Waals surface area contributed by atoms with Crippen molar-refractivity contribution in [1.82, 2.24) is 0 Å². The number of hydrogen-bond acceptors (Lipinski definition) is 0. The number of halogens is 3. The second-order valence-electron chi connectivity index (χ2n) is 1.91. The molecule has 50 valence electrons. The van der Waals surface area contributed by atoms with Crippen molar-refractivity contribution in [1.29, 1.82) is 0 Å². The first-order valence-electron chi connectivity index (χ1n) is 2.52. The standard InChI is InChI=1S/C6H5Br2I/c7-5-2-1-3-6(8,9)4-5/h1-3H,4H2. The lowest BCUT2D eigenvalue weighted by Crippen LogP contribution is -2.08. The number of rotatable bonds is 0. The van der Waals surface area contributed by atoms with Crippen molar-refractivity contribution in [2.24, 2.45) is 0 Å². The second-order valence-corrected chi connectivity index (χ2v) is 7.75. The summed E-state index contributed by atoms with van der Waals surface area (Å²) in [4.78, 5) is 0. The van der Waals surface area contributed by atoms with E-state index in [4.69, 9.17) is 0 Å². The Morgan fingerprint density at radius 3 is 2.67 bits per heavy atom. The van der Waals surface area contributed by atoms with Crippen LogP contribution in [0.1, 0.15) is 6.42 Å². The Morgan fingerprint density at radius 2 is 2.33 bits per heavy atom. The minimum atomic E-state index is 0.137. The Balaban J connectivity index is 2.73. The third-order valence-corrected chi connectivity index (χ3v) is 2.85. The fourth-order valence-corrected chi connectivity index (χ4v) is 3.20. The molecule has 0 bridgehead atoms. The Morgan fingerprint density at radius 1 is 1.67 bits per heavy atom. The molecular formula is C6H5Br2I. The van der Waals surface area contributed by atoms with Crippen LogP contribution < -0.4 is 0 Å². The normalized spacial score (nSPS) is 34.3. The maximum Gasteiger partial charge on any atom is 0.0997 e. The van der Waals surface area contributed by atoms with Crippen LogP contribution in [0.5, 0.6) is 0 Å². The van der Waals surface area contributed by atoms with Crippen LogP contribution in [0.4, 0.5) is 0 Å². The summed E-state index contributed by atoms with van der Waals surface area (Å²) in [6, 6.07) is 0. The quantitative estimate of drug-likeness (QED) is 0.454. The number of hydrogen-bond donors (Lipinski definition) is 0. The van der Waals surface area contributed by atoms with Crippen LogP contribution in [0.2, 0.25) is 0 Å². The summed E-state index contributed by atoms with van der Waals surface area (Å²) < 4.78 is 1.38. The Kier molecular flexibility index (Phi) is 2.80. The molecule has 0 aromatic heterocycles. The van der Waals surface area contributed by atoms with Crippen LogP contribution in [0.15, 0.2) is 22.7 Å². The number of allylic oxidation sites excluding steroid dienone is 4. The first kappa shape index (κ1) is 8.27. The molecule has 1 rings (SSSR count). The maximum atomic E-state index is 3.56. The van der Waals surface area contributed by atoms with Crippen LogP contribution in [0, 0.1) is 0 Å². The van der Waals surface area contributed by atoms with Crippen molar-refractivity contribution in [3.05, 3.63) is 22.7 Å². The number of alkyl halides is 2. The summed E-state index contributed by atoms with van der Waals surface area (Å²) >= 11 is 9.37. The third kappa shape index (κ3) is 2.72. The van der Waals surface area contributed by atoms with Crippen molar-refractivity contribution in [2.75, 3.05) is 0 Å². The third-order valence-electron chi connectivity index (χ3n) is 1.02. The van der Waals surface area contributed by atoms with Gasteiger partial charge in [-0.15, -0.1) is 0 Å². The molecule has 0 aromatic carbocycles. The summed E-state index contributed by atoms with van der Waals surface area (Å²) in [7, 11) is 0. The Bertz CT molecular complexity index is 170. The SMILES string of the molecule is BrC1=CC=CC(Br)(I)C1. The highest BCUT2D eigenvalue weighted by atomic mass is 127. The van der Waals surface area contributed by atoms with Crippen molar-refractivity contribution < 1.29 is 0 Å². The van der Waals surface area contributed by atoms with Gasteiger partial charge in [0.25, 0.3) is 0 Å². The molecule has 0 fully saturated rings. The van der Waals surface area contributed by atoms with Crippen molar-refractivity contribution >= 4 is 54.5 Å². The van der Waals surface area contributed by atoms with Crippen molar-refractivity contribution in [3.8, 4) is 0 Å². The molecule has 0 aliphatic heterocycles. The molecular weight excluding hydrogens is 359 g/mol. The highest BCUT2D eigenvalue weighted by molar-refractivity contribution is 14.1. The molecule has 3 heteroatoms. The molecule has 1 aliphatic rings. The van der Waals surface area contributed by atoms with E-state index in [2.05, 4.69) is 72.7 Å². The van der Waals surface area contributed by atoms with E-state index in [9.17, 15) is 0 Å². The summed E-state index contributed by atoms with van der Waals surface area (Å²) in [5.41, 5.74) is 0. The van der Waals surface area contributed by atoms with Gasteiger partial charge in [-0.1, -0.05) is 72.7 Å². The zero-order valence-electron chi connectivity index (χ0n) is 4.57. The van der Waals surface area contributed by atoms with Gasteiger partial charge in [0.2, 0.25) is 0 Å². The Labute approximate surface area is 85.2 Å². The molecule has 0 N–H and O–H groups in total. The van der Waals surface area contributed by atoms with Gasteiger partial charge >= 0.3 is 0 Å². The van der Waals surface area contributed by atoms with Gasteiger partial charge in [-0.25, -0.2) is 0 Å². The summed E-state index contributed by atoms with van der Waals surface area (Å²) in [5.74, 6) is 0. The van der Waals surface area contributed by atoms with Gasteiger partial charge in [-0.2, -0.15) is 0 Å². The molecule has 1 aliphatic carbocycles. The van der Waals surface area contributed by atoms with Crippen LogP contribution in [0.3, 0.4) is 0 Å². The van der Waals surface area contributed by atoms with Crippen molar-refractivity contribution in [2.45, 2.75) is 8.75 Å². The van der Waals surface area contributed by atoms with E-state index < -0.39 is 0 Å². The molecule has 0 spiro atoms. The van der Waals surface area contributed by atoms with Gasteiger partial charge in [0.05, 0.1) is 2.33 Å². The monoisotopic (exact) mass is 362 g/mol. The average molecular weight is 364 g/mol. The fraction of sp³-hybridized carbons (Fsp3) is 0.333. The molecule has 0 amide bonds. The van der Waals surface area contributed by atoms with Crippen LogP contribution >= 0.6 is 54.5 Å². The van der Waals surface area contributed by atoms with Gasteiger partial charge in [0.1, 0.15) is 0 Å². The first-order valence-corrected chi connectivity index (χ1v) is 5.18. The van der Waals surface area contributed by atoms with E-state index in [1.165, 1.54) is 4.48 Å². The molecule has 0 nitrogen and oxygen atoms in total. The average Bonchev–Trinajstić information content (AvgIpc) is 1.60. The molecule has 1 atom stereocenters. The van der Waals surface area contributed by atoms with E-state index in [1.807, 2.05) is 0 Å². The lowest BCUT2D eigenvalue weighted by molar-refractivity contribution is 1.03. The molecule has 0 saturated carbocycles. The van der Waals surface area contributed by atoms with E-state index >= 15 is 0 Å². The predicted molar refractivity (Wildman–Crippen MR) is 56.4 cm³/mol. The zero-order chi connectivity index (χ0) is 6.91. The second kappa shape index (κ2) is 3.05. The summed E-state index contributed by atoms with van der Waals surface area (Å²) in [6.45, 7) is 0. The molecule has 0 saturated heterocycles. The predicted octanol–water partition coefficient (Wildman–Crippen LogP) is 3.75. The van der Waals surface area contributed by atoms with Gasteiger partial charge in [-0.05, 0) is 4.48 Å². The van der Waals surface area contributed by atoms with Crippen LogP contribution in [-0.2, 0) is 0 Å². The highest BCUT2D eigenvalue weighted by Gasteiger charge is 2.21. The fourth-order valence-electron chi connectivity index (χ4n) is 0.636. The van der Waals surface area contributed by atoms with Gasteiger partial charge in [0.15, 0.2) is 0 Å². The molecule has 1 unspecified atom stereocenters. The lowest BCUT2D eigenvalue weighted by atomic mass is 10.2. The summed E-state index contributed by atoms with van der Waals surface area (Å²) in [5, 5.41) is 0. The van der Waals surface area contributed by atoms with Gasteiger partial charge < -0.3 is 0 Å². The van der Waals surface area contributed by atoms with E-state index in [1.54, 1.807) is 0 Å². The van der Waals surface area contributed by atoms with Crippen LogP contribution in [0.25, 0.3) is 0 Å². The zero-order valence-corrected chi connectivity index (χ0v) is 9.90. The summed E-state index contributed by atoms with van der Waals surface area (Å²) in [6.07, 6.45) is 7.29. The topological polar surface area (TPSA) is 0 Å². The van der Waals surface area contributed by atoms with Gasteiger partial charge in [0, 0.05) is 6.42 Å². The lowest BCUT2D eigenvalue weighted by Gasteiger charge is -2.17. The molecule has 9 heavy (non-hydrogen) atoms.